The van der Waals surface area contributed by atoms with Gasteiger partial charge in [-0.15, -0.1) is 0 Å². The van der Waals surface area contributed by atoms with Crippen molar-refractivity contribution >= 4 is 29.2 Å². The van der Waals surface area contributed by atoms with Gasteiger partial charge in [0.1, 0.15) is 6.54 Å². The smallest absolute Gasteiger partial charge is 0.325 e. The largest absolute Gasteiger partial charge is 0.465 e. The van der Waals surface area contributed by atoms with Gasteiger partial charge in [0.25, 0.3) is 5.91 Å². The number of rotatable bonds is 4. The average Bonchev–Trinajstić information content (AvgIpc) is 2.29. The average molecular weight is 257 g/mol. The molecule has 0 bridgehead atoms. The van der Waals surface area contributed by atoms with Crippen molar-refractivity contribution in [2.75, 3.05) is 18.9 Å². The maximum atomic E-state index is 11.7. The summed E-state index contributed by atoms with van der Waals surface area (Å²) in [6.07, 6.45) is 0. The quantitative estimate of drug-likeness (QED) is 0.627. The van der Waals surface area contributed by atoms with E-state index in [0.717, 1.165) is 0 Å². The molecule has 0 saturated carbocycles. The molecule has 0 radical (unpaired) electrons. The number of nitrogens with two attached hydrogens (primary N) is 1. The first-order valence-corrected chi connectivity index (χ1v) is 5.41. The van der Waals surface area contributed by atoms with E-state index in [0.29, 0.717) is 5.69 Å². The zero-order chi connectivity index (χ0) is 12.8. The number of ether oxygens (including phenoxy) is 1. The number of carbonyl (C=O) groups excluding carboxylic acids is 2. The highest BCUT2D eigenvalue weighted by Crippen LogP contribution is 2.18. The Balaban J connectivity index is 2.64. The number of carbonyl (C=O) groups is 2. The van der Waals surface area contributed by atoms with Crippen LogP contribution in [0.25, 0.3) is 0 Å². The normalized spacial score (nSPS) is 9.76. The molecule has 0 aliphatic carbocycles. The number of halogens is 1. The molecule has 0 saturated heterocycles. The lowest BCUT2D eigenvalue weighted by Crippen LogP contribution is -2.30. The fourth-order valence-corrected chi connectivity index (χ4v) is 1.38. The summed E-state index contributed by atoms with van der Waals surface area (Å²) < 4.78 is 4.67. The van der Waals surface area contributed by atoms with E-state index in [1.54, 1.807) is 13.0 Å². The number of anilines is 1. The molecule has 17 heavy (non-hydrogen) atoms. The van der Waals surface area contributed by atoms with Gasteiger partial charge in [-0.2, -0.15) is 0 Å². The summed E-state index contributed by atoms with van der Waals surface area (Å²) in [5.41, 5.74) is 6.20. The van der Waals surface area contributed by atoms with Gasteiger partial charge in [-0.25, -0.2) is 0 Å². The van der Waals surface area contributed by atoms with E-state index in [1.807, 2.05) is 0 Å². The van der Waals surface area contributed by atoms with Gasteiger partial charge in [0.15, 0.2) is 0 Å². The van der Waals surface area contributed by atoms with E-state index < -0.39 is 11.9 Å². The van der Waals surface area contributed by atoms with Crippen molar-refractivity contribution in [1.29, 1.82) is 0 Å². The zero-order valence-corrected chi connectivity index (χ0v) is 10.1. The van der Waals surface area contributed by atoms with Crippen molar-refractivity contribution in [2.45, 2.75) is 6.92 Å². The highest BCUT2D eigenvalue weighted by Gasteiger charge is 2.12. The third-order valence-electron chi connectivity index (χ3n) is 1.93. The number of hydrogen-bond donors (Lipinski definition) is 2. The molecule has 6 heteroatoms. The molecule has 92 valence electrons. The van der Waals surface area contributed by atoms with Crippen molar-refractivity contribution in [1.82, 2.24) is 5.32 Å². The Hall–Kier alpha value is -1.75. The Morgan fingerprint density at radius 1 is 1.47 bits per heavy atom. The third-order valence-corrected chi connectivity index (χ3v) is 2.26. The Morgan fingerprint density at radius 2 is 2.18 bits per heavy atom. The molecule has 0 spiro atoms. The van der Waals surface area contributed by atoms with E-state index in [4.69, 9.17) is 17.3 Å². The second kappa shape index (κ2) is 6.10. The third kappa shape index (κ3) is 3.96. The van der Waals surface area contributed by atoms with Crippen molar-refractivity contribution in [3.05, 3.63) is 28.8 Å². The van der Waals surface area contributed by atoms with E-state index in [2.05, 4.69) is 10.1 Å². The number of hydrogen-bond acceptors (Lipinski definition) is 4. The summed E-state index contributed by atoms with van der Waals surface area (Å²) >= 11 is 5.83. The van der Waals surface area contributed by atoms with Crippen molar-refractivity contribution < 1.29 is 14.3 Å². The van der Waals surface area contributed by atoms with Crippen LogP contribution in [0.15, 0.2) is 18.2 Å². The molecular weight excluding hydrogens is 244 g/mol. The lowest BCUT2D eigenvalue weighted by Gasteiger charge is -2.07. The van der Waals surface area contributed by atoms with Crippen LogP contribution in [0.1, 0.15) is 17.3 Å². The summed E-state index contributed by atoms with van der Waals surface area (Å²) in [4.78, 5) is 22.7. The molecule has 1 amide bonds. The molecule has 5 nitrogen and oxygen atoms in total. The molecule has 0 aliphatic heterocycles. The summed E-state index contributed by atoms with van der Waals surface area (Å²) in [5.74, 6) is -0.962. The van der Waals surface area contributed by atoms with Gasteiger partial charge in [0, 0.05) is 5.69 Å². The Morgan fingerprint density at radius 3 is 2.82 bits per heavy atom. The van der Waals surface area contributed by atoms with Crippen LogP contribution < -0.4 is 11.1 Å². The minimum Gasteiger partial charge on any atom is -0.465 e. The molecule has 0 aromatic heterocycles. The molecule has 3 N–H and O–H groups in total. The zero-order valence-electron chi connectivity index (χ0n) is 9.33. The monoisotopic (exact) mass is 256 g/mol. The number of amides is 1. The molecule has 0 unspecified atom stereocenters. The van der Waals surface area contributed by atoms with Crippen LogP contribution in [0, 0.1) is 0 Å². The standard InChI is InChI=1S/C11H13ClN2O3/c1-2-17-10(15)6-14-11(16)8-5-7(13)3-4-9(8)12/h3-5H,2,6,13H2,1H3,(H,14,16). The molecular formula is C11H13ClN2O3. The van der Waals surface area contributed by atoms with Crippen LogP contribution in [0.5, 0.6) is 0 Å². The fraction of sp³-hybridized carbons (Fsp3) is 0.273. The van der Waals surface area contributed by atoms with Gasteiger partial charge in [-0.1, -0.05) is 11.6 Å². The van der Waals surface area contributed by atoms with Gasteiger partial charge in [0.05, 0.1) is 17.2 Å². The van der Waals surface area contributed by atoms with Gasteiger partial charge in [-0.05, 0) is 25.1 Å². The van der Waals surface area contributed by atoms with E-state index in [1.165, 1.54) is 12.1 Å². The van der Waals surface area contributed by atoms with Gasteiger partial charge < -0.3 is 15.8 Å². The van der Waals surface area contributed by atoms with E-state index in [9.17, 15) is 9.59 Å². The molecule has 1 rings (SSSR count). The van der Waals surface area contributed by atoms with Crippen LogP contribution in [0.4, 0.5) is 5.69 Å². The molecule has 0 fully saturated rings. The van der Waals surface area contributed by atoms with Crippen LogP contribution in [0.2, 0.25) is 5.02 Å². The first-order valence-electron chi connectivity index (χ1n) is 5.03. The van der Waals surface area contributed by atoms with E-state index in [-0.39, 0.29) is 23.7 Å². The first-order chi connectivity index (χ1) is 8.04. The van der Waals surface area contributed by atoms with Crippen LogP contribution in [0.3, 0.4) is 0 Å². The second-order valence-electron chi connectivity index (χ2n) is 3.23. The van der Waals surface area contributed by atoms with E-state index >= 15 is 0 Å². The summed E-state index contributed by atoms with van der Waals surface area (Å²) in [6, 6.07) is 4.56. The lowest BCUT2D eigenvalue weighted by molar-refractivity contribution is -0.141. The summed E-state index contributed by atoms with van der Waals surface area (Å²) in [6.45, 7) is 1.76. The minimum atomic E-state index is -0.499. The Kier molecular flexibility index (Phi) is 4.78. The van der Waals surface area contributed by atoms with Gasteiger partial charge >= 0.3 is 5.97 Å². The molecule has 1 aromatic carbocycles. The van der Waals surface area contributed by atoms with Crippen LogP contribution in [-0.4, -0.2) is 25.0 Å². The topological polar surface area (TPSA) is 81.4 Å². The summed E-state index contributed by atoms with van der Waals surface area (Å²) in [5, 5.41) is 2.68. The highest BCUT2D eigenvalue weighted by atomic mass is 35.5. The number of benzene rings is 1. The fourth-order valence-electron chi connectivity index (χ4n) is 1.18. The minimum absolute atomic E-state index is 0.197. The Labute approximate surface area is 104 Å². The molecule has 0 atom stereocenters. The van der Waals surface area contributed by atoms with Gasteiger partial charge in [0.2, 0.25) is 0 Å². The predicted molar refractivity (Wildman–Crippen MR) is 64.8 cm³/mol. The number of nitrogen functional groups attached to an aromatic ring is 1. The van der Waals surface area contributed by atoms with Crippen molar-refractivity contribution in [3.8, 4) is 0 Å². The molecule has 0 aliphatic rings. The maximum absolute atomic E-state index is 11.7. The predicted octanol–water partition coefficient (Wildman–Crippen LogP) is 1.22. The lowest BCUT2D eigenvalue weighted by atomic mass is 10.2. The van der Waals surface area contributed by atoms with Crippen molar-refractivity contribution in [2.24, 2.45) is 0 Å². The SMILES string of the molecule is CCOC(=O)CNC(=O)c1cc(N)ccc1Cl. The molecule has 1 aromatic rings. The van der Waals surface area contributed by atoms with Crippen molar-refractivity contribution in [3.63, 3.8) is 0 Å². The Bertz CT molecular complexity index is 435. The van der Waals surface area contributed by atoms with Gasteiger partial charge in [-0.3, -0.25) is 9.59 Å². The summed E-state index contributed by atoms with van der Waals surface area (Å²) in [7, 11) is 0. The van der Waals surface area contributed by atoms with Crippen LogP contribution >= 0.6 is 11.6 Å². The maximum Gasteiger partial charge on any atom is 0.325 e. The highest BCUT2D eigenvalue weighted by molar-refractivity contribution is 6.34. The number of esters is 1. The number of nitrogens with one attached hydrogen (secondary N) is 1. The molecule has 0 heterocycles. The first kappa shape index (κ1) is 13.3. The van der Waals surface area contributed by atoms with Crippen LogP contribution in [-0.2, 0) is 9.53 Å². The second-order valence-corrected chi connectivity index (χ2v) is 3.63.